The quantitative estimate of drug-likeness (QED) is 0.702. The summed E-state index contributed by atoms with van der Waals surface area (Å²) in [5.41, 5.74) is 2.46. The molecule has 0 bridgehead atoms. The van der Waals surface area contributed by atoms with Gasteiger partial charge in [0.2, 0.25) is 5.91 Å². The summed E-state index contributed by atoms with van der Waals surface area (Å²) in [6, 6.07) is 13.4. The van der Waals surface area contributed by atoms with Gasteiger partial charge in [0.15, 0.2) is 0 Å². The molecular weight excluding hydrogens is 357 g/mol. The number of amides is 3. The molecule has 2 rings (SSSR count). The highest BCUT2D eigenvalue weighted by molar-refractivity contribution is 5.89. The molecule has 2 aromatic rings. The molecule has 5 nitrogen and oxygen atoms in total. The van der Waals surface area contributed by atoms with Gasteiger partial charge in [0.05, 0.1) is 6.04 Å². The van der Waals surface area contributed by atoms with Crippen LogP contribution in [0.25, 0.3) is 0 Å². The number of carbonyl (C=O) groups is 2. The predicted octanol–water partition coefficient (Wildman–Crippen LogP) is 4.51. The van der Waals surface area contributed by atoms with Gasteiger partial charge in [-0.2, -0.15) is 0 Å². The molecule has 2 N–H and O–H groups in total. The van der Waals surface area contributed by atoms with Crippen LogP contribution in [0, 0.1) is 5.82 Å². The first-order valence-corrected chi connectivity index (χ1v) is 9.62. The maximum atomic E-state index is 13.2. The van der Waals surface area contributed by atoms with Gasteiger partial charge in [-0.1, -0.05) is 24.3 Å². The van der Waals surface area contributed by atoms with Crippen LogP contribution in [0.15, 0.2) is 48.5 Å². The fourth-order valence-corrected chi connectivity index (χ4v) is 2.92. The summed E-state index contributed by atoms with van der Waals surface area (Å²) < 4.78 is 13.2. The number of aryl methyl sites for hydroxylation is 1. The van der Waals surface area contributed by atoms with E-state index in [0.29, 0.717) is 31.6 Å². The van der Waals surface area contributed by atoms with Crippen molar-refractivity contribution in [2.24, 2.45) is 0 Å². The average molecular weight is 385 g/mol. The number of rotatable bonds is 8. The summed E-state index contributed by atoms with van der Waals surface area (Å²) in [6.07, 6.45) is 0.790. The second-order valence-corrected chi connectivity index (χ2v) is 6.64. The first-order valence-electron chi connectivity index (χ1n) is 9.62. The molecule has 150 valence electrons. The van der Waals surface area contributed by atoms with E-state index in [1.807, 2.05) is 51.1 Å². The summed E-state index contributed by atoms with van der Waals surface area (Å²) in [7, 11) is 0. The number of carbonyl (C=O) groups excluding carboxylic acids is 2. The normalized spacial score (nSPS) is 11.6. The Morgan fingerprint density at radius 3 is 2.36 bits per heavy atom. The van der Waals surface area contributed by atoms with Gasteiger partial charge in [-0.25, -0.2) is 9.18 Å². The third kappa shape index (κ3) is 6.37. The highest BCUT2D eigenvalue weighted by Gasteiger charge is 2.12. The Kier molecular flexibility index (Phi) is 7.99. The molecule has 0 saturated carbocycles. The lowest BCUT2D eigenvalue weighted by Gasteiger charge is -2.19. The molecule has 0 radical (unpaired) electrons. The van der Waals surface area contributed by atoms with Gasteiger partial charge < -0.3 is 15.5 Å². The molecule has 0 spiro atoms. The number of halogens is 1. The first-order chi connectivity index (χ1) is 13.4. The Bertz CT molecular complexity index is 789. The Balaban J connectivity index is 1.85. The van der Waals surface area contributed by atoms with E-state index in [9.17, 15) is 14.0 Å². The van der Waals surface area contributed by atoms with E-state index >= 15 is 0 Å². The average Bonchev–Trinajstić information content (AvgIpc) is 2.68. The van der Waals surface area contributed by atoms with Crippen LogP contribution in [0.5, 0.6) is 0 Å². The molecule has 0 aliphatic rings. The zero-order valence-electron chi connectivity index (χ0n) is 16.7. The topological polar surface area (TPSA) is 61.4 Å². The number of anilines is 1. The Morgan fingerprint density at radius 1 is 1.07 bits per heavy atom. The molecule has 0 aliphatic heterocycles. The van der Waals surface area contributed by atoms with Crippen LogP contribution < -0.4 is 10.6 Å². The number of urea groups is 1. The van der Waals surface area contributed by atoms with E-state index in [1.54, 1.807) is 11.0 Å². The molecule has 0 saturated heterocycles. The summed E-state index contributed by atoms with van der Waals surface area (Å²) >= 11 is 0. The lowest BCUT2D eigenvalue weighted by Crippen LogP contribution is -2.34. The van der Waals surface area contributed by atoms with Gasteiger partial charge in [0.25, 0.3) is 0 Å². The van der Waals surface area contributed by atoms with E-state index < -0.39 is 0 Å². The predicted molar refractivity (Wildman–Crippen MR) is 110 cm³/mol. The molecule has 0 aliphatic carbocycles. The van der Waals surface area contributed by atoms with Gasteiger partial charge in [-0.05, 0) is 62.6 Å². The van der Waals surface area contributed by atoms with Gasteiger partial charge in [-0.15, -0.1) is 0 Å². The van der Waals surface area contributed by atoms with Gasteiger partial charge in [-0.3, -0.25) is 4.79 Å². The zero-order valence-corrected chi connectivity index (χ0v) is 16.7. The number of nitrogens with zero attached hydrogens (tertiary/aromatic N) is 1. The second-order valence-electron chi connectivity index (χ2n) is 6.64. The van der Waals surface area contributed by atoms with E-state index in [4.69, 9.17) is 0 Å². The monoisotopic (exact) mass is 385 g/mol. The minimum absolute atomic E-state index is 0.0873. The van der Waals surface area contributed by atoms with Crippen molar-refractivity contribution < 1.29 is 14.0 Å². The van der Waals surface area contributed by atoms with Gasteiger partial charge in [0, 0.05) is 25.2 Å². The molecular formula is C22H28FN3O2. The van der Waals surface area contributed by atoms with Crippen molar-refractivity contribution in [3.05, 3.63) is 65.5 Å². The summed E-state index contributed by atoms with van der Waals surface area (Å²) in [6.45, 7) is 7.08. The van der Waals surface area contributed by atoms with Crippen molar-refractivity contribution in [3.8, 4) is 0 Å². The largest absolute Gasteiger partial charge is 0.350 e. The fraction of sp³-hybridized carbons (Fsp3) is 0.364. The molecule has 0 fully saturated rings. The van der Waals surface area contributed by atoms with Crippen LogP contribution in [0.2, 0.25) is 0 Å². The molecule has 2 aromatic carbocycles. The van der Waals surface area contributed by atoms with Crippen molar-refractivity contribution in [2.45, 2.75) is 39.7 Å². The Labute approximate surface area is 165 Å². The molecule has 1 unspecified atom stereocenters. The van der Waals surface area contributed by atoms with Crippen molar-refractivity contribution in [1.29, 1.82) is 0 Å². The molecule has 6 heteroatoms. The third-order valence-corrected chi connectivity index (χ3v) is 4.62. The number of hydrogen-bond donors (Lipinski definition) is 2. The smallest absolute Gasteiger partial charge is 0.321 e. The number of benzene rings is 2. The molecule has 0 aromatic heterocycles. The highest BCUT2D eigenvalue weighted by Crippen LogP contribution is 2.17. The van der Waals surface area contributed by atoms with E-state index in [2.05, 4.69) is 10.6 Å². The summed E-state index contributed by atoms with van der Waals surface area (Å²) in [5.74, 6) is -0.380. The SMILES string of the molecule is CCN(CC)C(=O)Nc1ccc(C(C)NC(=O)CCc2cccc(F)c2)cc1. The fourth-order valence-electron chi connectivity index (χ4n) is 2.92. The zero-order chi connectivity index (χ0) is 20.5. The highest BCUT2D eigenvalue weighted by atomic mass is 19.1. The lowest BCUT2D eigenvalue weighted by atomic mass is 10.1. The van der Waals surface area contributed by atoms with Crippen molar-refractivity contribution in [2.75, 3.05) is 18.4 Å². The standard InChI is InChI=1S/C22H28FN3O2/c1-4-26(5-2)22(28)25-20-12-10-18(11-13-20)16(3)24-21(27)14-9-17-7-6-8-19(23)15-17/h6-8,10-13,15-16H,4-5,9,14H2,1-3H3,(H,24,27)(H,25,28). The maximum Gasteiger partial charge on any atom is 0.321 e. The molecule has 0 heterocycles. The minimum Gasteiger partial charge on any atom is -0.350 e. The van der Waals surface area contributed by atoms with Gasteiger partial charge in [0.1, 0.15) is 5.82 Å². The Hall–Kier alpha value is -2.89. The van der Waals surface area contributed by atoms with Crippen molar-refractivity contribution >= 4 is 17.6 Å². The summed E-state index contributed by atoms with van der Waals surface area (Å²) in [4.78, 5) is 26.0. The van der Waals surface area contributed by atoms with E-state index in [0.717, 1.165) is 11.1 Å². The molecule has 3 amide bonds. The van der Waals surface area contributed by atoms with E-state index in [-0.39, 0.29) is 23.8 Å². The van der Waals surface area contributed by atoms with Gasteiger partial charge >= 0.3 is 6.03 Å². The first kappa shape index (κ1) is 21.4. The maximum absolute atomic E-state index is 13.2. The molecule has 1 atom stereocenters. The minimum atomic E-state index is -0.292. The van der Waals surface area contributed by atoms with Crippen molar-refractivity contribution in [3.63, 3.8) is 0 Å². The lowest BCUT2D eigenvalue weighted by molar-refractivity contribution is -0.121. The van der Waals surface area contributed by atoms with Crippen LogP contribution in [0.3, 0.4) is 0 Å². The third-order valence-electron chi connectivity index (χ3n) is 4.62. The number of nitrogens with one attached hydrogen (secondary N) is 2. The van der Waals surface area contributed by atoms with Crippen LogP contribution in [0.4, 0.5) is 14.9 Å². The van der Waals surface area contributed by atoms with E-state index in [1.165, 1.54) is 12.1 Å². The number of hydrogen-bond acceptors (Lipinski definition) is 2. The summed E-state index contributed by atoms with van der Waals surface area (Å²) in [5, 5.41) is 5.81. The van der Waals surface area contributed by atoms with Crippen LogP contribution in [0.1, 0.15) is 44.4 Å². The van der Waals surface area contributed by atoms with Crippen molar-refractivity contribution in [1.82, 2.24) is 10.2 Å². The molecule has 28 heavy (non-hydrogen) atoms. The van der Waals surface area contributed by atoms with Crippen LogP contribution in [-0.2, 0) is 11.2 Å². The Morgan fingerprint density at radius 2 is 1.75 bits per heavy atom. The van der Waals surface area contributed by atoms with Crippen LogP contribution >= 0.6 is 0 Å². The second kappa shape index (κ2) is 10.4. The van der Waals surface area contributed by atoms with Crippen LogP contribution in [-0.4, -0.2) is 29.9 Å².